The Morgan fingerprint density at radius 3 is 2.71 bits per heavy atom. The maximum atomic E-state index is 11.3. The lowest BCUT2D eigenvalue weighted by Crippen LogP contribution is -2.09. The van der Waals surface area contributed by atoms with Crippen molar-refractivity contribution in [1.29, 1.82) is 0 Å². The molecule has 0 atom stereocenters. The number of hydrogen-bond acceptors (Lipinski definition) is 4. The molecule has 0 unspecified atom stereocenters. The zero-order valence-corrected chi connectivity index (χ0v) is 11.2. The minimum absolute atomic E-state index is 0.00264. The van der Waals surface area contributed by atoms with Crippen molar-refractivity contribution in [3.8, 4) is 5.69 Å². The second-order valence-corrected chi connectivity index (χ2v) is 4.94. The molecule has 0 aliphatic heterocycles. The lowest BCUT2D eigenvalue weighted by Gasteiger charge is -2.13. The Bertz CT molecular complexity index is 736. The van der Waals surface area contributed by atoms with E-state index in [9.17, 15) is 20.0 Å². The molecule has 0 saturated heterocycles. The maximum absolute atomic E-state index is 11.3. The Morgan fingerprint density at radius 1 is 1.29 bits per heavy atom. The van der Waals surface area contributed by atoms with Crippen molar-refractivity contribution in [3.63, 3.8) is 0 Å². The van der Waals surface area contributed by atoms with Gasteiger partial charge in [-0.05, 0) is 31.7 Å². The number of carboxylic acid groups (broad SMARTS) is 1. The van der Waals surface area contributed by atoms with Crippen LogP contribution in [0.1, 0.15) is 34.6 Å². The number of aromatic nitrogens is 2. The van der Waals surface area contributed by atoms with E-state index in [1.54, 1.807) is 18.2 Å². The summed E-state index contributed by atoms with van der Waals surface area (Å²) in [6.45, 7) is 0. The monoisotopic (exact) mass is 287 g/mol. The van der Waals surface area contributed by atoms with Gasteiger partial charge in [0.15, 0.2) is 5.69 Å². The number of nitro groups is 1. The van der Waals surface area contributed by atoms with Crippen molar-refractivity contribution in [3.05, 3.63) is 51.3 Å². The lowest BCUT2D eigenvalue weighted by molar-refractivity contribution is -0.384. The molecule has 21 heavy (non-hydrogen) atoms. The van der Waals surface area contributed by atoms with Gasteiger partial charge in [0.05, 0.1) is 4.92 Å². The van der Waals surface area contributed by atoms with Gasteiger partial charge in [-0.3, -0.25) is 10.1 Å². The van der Waals surface area contributed by atoms with Gasteiger partial charge in [0.25, 0.3) is 5.69 Å². The molecular formula is C14H13N3O4. The van der Waals surface area contributed by atoms with Crippen LogP contribution < -0.4 is 0 Å². The van der Waals surface area contributed by atoms with Gasteiger partial charge in [-0.15, -0.1) is 0 Å². The first kappa shape index (κ1) is 13.3. The quantitative estimate of drug-likeness (QED) is 0.690. The molecule has 3 rings (SSSR count). The summed E-state index contributed by atoms with van der Waals surface area (Å²) < 4.78 is 1.43. The second-order valence-electron chi connectivity index (χ2n) is 4.94. The summed E-state index contributed by atoms with van der Waals surface area (Å²) in [5, 5.41) is 24.5. The highest BCUT2D eigenvalue weighted by Crippen LogP contribution is 2.30. The molecule has 7 nitrogen and oxygen atoms in total. The van der Waals surface area contributed by atoms with Gasteiger partial charge in [-0.2, -0.15) is 5.10 Å². The summed E-state index contributed by atoms with van der Waals surface area (Å²) in [6.07, 6.45) is 3.17. The first-order valence-electron chi connectivity index (χ1n) is 6.67. The van der Waals surface area contributed by atoms with Gasteiger partial charge in [0.1, 0.15) is 5.69 Å². The van der Waals surface area contributed by atoms with Crippen molar-refractivity contribution in [2.45, 2.75) is 25.7 Å². The Balaban J connectivity index is 2.24. The average Bonchev–Trinajstić information content (AvgIpc) is 2.87. The molecule has 1 aliphatic rings. The van der Waals surface area contributed by atoms with Crippen LogP contribution in [0, 0.1) is 10.1 Å². The number of carboxylic acids is 1. The third-order valence-corrected chi connectivity index (χ3v) is 3.69. The summed E-state index contributed by atoms with van der Waals surface area (Å²) in [4.78, 5) is 22.0. The van der Waals surface area contributed by atoms with Crippen molar-refractivity contribution >= 4 is 11.7 Å². The Hall–Kier alpha value is -2.70. The summed E-state index contributed by atoms with van der Waals surface area (Å²) in [5.74, 6) is -1.09. The predicted octanol–water partition coefficient (Wildman–Crippen LogP) is 2.36. The molecule has 1 heterocycles. The fourth-order valence-corrected chi connectivity index (χ4v) is 2.77. The van der Waals surface area contributed by atoms with E-state index in [2.05, 4.69) is 5.10 Å². The number of hydrogen-bond donors (Lipinski definition) is 1. The number of benzene rings is 1. The van der Waals surface area contributed by atoms with Gasteiger partial charge in [0.2, 0.25) is 0 Å². The predicted molar refractivity (Wildman–Crippen MR) is 73.8 cm³/mol. The first-order chi connectivity index (χ1) is 10.1. The van der Waals surface area contributed by atoms with Gasteiger partial charge < -0.3 is 5.11 Å². The molecule has 0 saturated carbocycles. The smallest absolute Gasteiger partial charge is 0.356 e. The van der Waals surface area contributed by atoms with Crippen molar-refractivity contribution in [2.75, 3.05) is 0 Å². The third-order valence-electron chi connectivity index (χ3n) is 3.69. The van der Waals surface area contributed by atoms with E-state index in [1.807, 2.05) is 0 Å². The SMILES string of the molecule is O=C(O)c1nn(-c2ccccc2[N+](=O)[O-])c2c1CCCC2. The molecule has 0 fully saturated rings. The van der Waals surface area contributed by atoms with Crippen LogP contribution >= 0.6 is 0 Å². The molecule has 108 valence electrons. The topological polar surface area (TPSA) is 98.3 Å². The largest absolute Gasteiger partial charge is 0.476 e. The Kier molecular flexibility index (Phi) is 3.17. The fraction of sp³-hybridized carbons (Fsp3) is 0.286. The van der Waals surface area contributed by atoms with Crippen molar-refractivity contribution in [1.82, 2.24) is 9.78 Å². The molecule has 0 radical (unpaired) electrons. The number of rotatable bonds is 3. The molecule has 1 aromatic heterocycles. The molecule has 1 aromatic carbocycles. The van der Waals surface area contributed by atoms with E-state index < -0.39 is 10.9 Å². The van der Waals surface area contributed by atoms with Crippen LogP contribution in [0.3, 0.4) is 0 Å². The number of para-hydroxylation sites is 2. The van der Waals surface area contributed by atoms with E-state index in [-0.39, 0.29) is 11.4 Å². The molecule has 7 heteroatoms. The van der Waals surface area contributed by atoms with Crippen LogP contribution in [-0.4, -0.2) is 25.8 Å². The highest BCUT2D eigenvalue weighted by molar-refractivity contribution is 5.87. The van der Waals surface area contributed by atoms with Crippen LogP contribution in [-0.2, 0) is 12.8 Å². The third kappa shape index (κ3) is 2.16. The van der Waals surface area contributed by atoms with E-state index in [0.29, 0.717) is 24.1 Å². The molecule has 0 bridgehead atoms. The highest BCUT2D eigenvalue weighted by Gasteiger charge is 2.27. The molecular weight excluding hydrogens is 274 g/mol. The van der Waals surface area contributed by atoms with Crippen LogP contribution in [0.25, 0.3) is 5.69 Å². The number of nitrogens with zero attached hydrogens (tertiary/aromatic N) is 3. The molecule has 1 N–H and O–H groups in total. The van der Waals surface area contributed by atoms with Crippen molar-refractivity contribution in [2.24, 2.45) is 0 Å². The van der Waals surface area contributed by atoms with Gasteiger partial charge in [-0.25, -0.2) is 9.48 Å². The molecule has 0 amide bonds. The van der Waals surface area contributed by atoms with Crippen molar-refractivity contribution < 1.29 is 14.8 Å². The first-order valence-corrected chi connectivity index (χ1v) is 6.67. The summed E-state index contributed by atoms with van der Waals surface area (Å²) in [5.41, 5.74) is 1.71. The van der Waals surface area contributed by atoms with E-state index in [1.165, 1.54) is 10.7 Å². The summed E-state index contributed by atoms with van der Waals surface area (Å²) in [6, 6.07) is 6.24. The number of aromatic carboxylic acids is 1. The van der Waals surface area contributed by atoms with Gasteiger partial charge in [0, 0.05) is 17.3 Å². The summed E-state index contributed by atoms with van der Waals surface area (Å²) >= 11 is 0. The Morgan fingerprint density at radius 2 is 2.00 bits per heavy atom. The zero-order valence-electron chi connectivity index (χ0n) is 11.2. The normalized spacial score (nSPS) is 13.7. The number of carbonyl (C=O) groups is 1. The number of fused-ring (bicyclic) bond motifs is 1. The van der Waals surface area contributed by atoms with E-state index >= 15 is 0 Å². The van der Waals surface area contributed by atoms with E-state index in [0.717, 1.165) is 18.5 Å². The van der Waals surface area contributed by atoms with Gasteiger partial charge >= 0.3 is 5.97 Å². The van der Waals surface area contributed by atoms with Crippen LogP contribution in [0.15, 0.2) is 24.3 Å². The summed E-state index contributed by atoms with van der Waals surface area (Å²) in [7, 11) is 0. The van der Waals surface area contributed by atoms with Crippen LogP contribution in [0.4, 0.5) is 5.69 Å². The van der Waals surface area contributed by atoms with Gasteiger partial charge in [-0.1, -0.05) is 12.1 Å². The molecule has 2 aromatic rings. The average molecular weight is 287 g/mol. The number of nitro benzene ring substituents is 1. The standard InChI is InChI=1S/C14H13N3O4/c18-14(19)13-9-5-1-2-6-10(9)16(15-13)11-7-3-4-8-12(11)17(20)21/h3-4,7-8H,1-2,5-6H2,(H,18,19). The molecule has 0 spiro atoms. The second kappa shape index (κ2) is 5.01. The minimum atomic E-state index is -1.09. The fourth-order valence-electron chi connectivity index (χ4n) is 2.77. The molecule has 1 aliphatic carbocycles. The van der Waals surface area contributed by atoms with Crippen LogP contribution in [0.5, 0.6) is 0 Å². The zero-order chi connectivity index (χ0) is 15.0. The maximum Gasteiger partial charge on any atom is 0.356 e. The van der Waals surface area contributed by atoms with Crippen LogP contribution in [0.2, 0.25) is 0 Å². The Labute approximate surface area is 120 Å². The van der Waals surface area contributed by atoms with E-state index in [4.69, 9.17) is 0 Å². The minimum Gasteiger partial charge on any atom is -0.476 e. The lowest BCUT2D eigenvalue weighted by atomic mass is 9.95. The highest BCUT2D eigenvalue weighted by atomic mass is 16.6.